The highest BCUT2D eigenvalue weighted by molar-refractivity contribution is 7.99. The third-order valence-corrected chi connectivity index (χ3v) is 6.97. The third kappa shape index (κ3) is 4.81. The minimum atomic E-state index is -4.46. The molecule has 13 N–H and O–H groups in total. The van der Waals surface area contributed by atoms with Crippen molar-refractivity contribution < 1.29 is 71.1 Å². The molecule has 2 aliphatic rings. The van der Waals surface area contributed by atoms with Crippen LogP contribution in [0, 0.1) is 0 Å². The van der Waals surface area contributed by atoms with E-state index in [4.69, 9.17) is 5.11 Å². The predicted octanol–water partition coefficient (Wildman–Crippen LogP) is -5.31. The molecule has 4 rings (SSSR count). The average Bonchev–Trinajstić information content (AvgIpc) is 2.97. The molecule has 214 valence electrons. The van der Waals surface area contributed by atoms with Crippen LogP contribution in [0.15, 0.2) is 63.3 Å². The van der Waals surface area contributed by atoms with Crippen LogP contribution in [0.4, 0.5) is 5.69 Å². The van der Waals surface area contributed by atoms with E-state index < -0.39 is 64.4 Å². The molecule has 0 bridgehead atoms. The van der Waals surface area contributed by atoms with Gasteiger partial charge in [0.1, 0.15) is 12.4 Å². The van der Waals surface area contributed by atoms with Gasteiger partial charge in [0.25, 0.3) is 5.97 Å². The number of para-hydroxylation sites is 1. The van der Waals surface area contributed by atoms with E-state index in [0.717, 1.165) is 11.8 Å². The number of amidine groups is 1. The number of aliphatic hydroxyl groups excluding tert-OH is 1. The summed E-state index contributed by atoms with van der Waals surface area (Å²) in [5.41, 5.74) is 0.0315. The van der Waals surface area contributed by atoms with Gasteiger partial charge in [0, 0.05) is 15.4 Å². The molecule has 1 saturated heterocycles. The summed E-state index contributed by atoms with van der Waals surface area (Å²) in [7, 11) is 0. The van der Waals surface area contributed by atoms with Gasteiger partial charge in [-0.2, -0.15) is 4.90 Å². The van der Waals surface area contributed by atoms with Gasteiger partial charge in [-0.1, -0.05) is 42.1 Å². The fraction of sp³-hybridized carbons (Fsp3) is 0.381. The number of ether oxygens (including phenoxy) is 1. The monoisotopic (exact) mass is 575 g/mol. The van der Waals surface area contributed by atoms with E-state index in [2.05, 4.69) is 9.73 Å². The Hall–Kier alpha value is -2.34. The zero-order chi connectivity index (χ0) is 29.2. The van der Waals surface area contributed by atoms with Crippen LogP contribution in [-0.4, -0.2) is 131 Å². The summed E-state index contributed by atoms with van der Waals surface area (Å²) in [6.07, 6.45) is 0. The van der Waals surface area contributed by atoms with Gasteiger partial charge in [0.2, 0.25) is 0 Å². The SMILES string of the molecule is OCC(O)(O)OC(O)(O)CN1C(O)(O)C(O)(O)N(C2=Nc3ccccc3Sc3ccccc32)C(O)(O)C1(O)O. The molecule has 17 nitrogen and oxygen atoms in total. The van der Waals surface area contributed by atoms with E-state index >= 15 is 0 Å². The molecule has 0 aliphatic carbocycles. The number of nitrogens with zero attached hydrogens (tertiary/aromatic N) is 3. The Morgan fingerprint density at radius 3 is 1.79 bits per heavy atom. The van der Waals surface area contributed by atoms with Crippen LogP contribution in [0.5, 0.6) is 0 Å². The molecule has 0 aromatic heterocycles. The minimum absolute atomic E-state index is 0.0750. The maximum atomic E-state index is 11.0. The Kier molecular flexibility index (Phi) is 7.11. The van der Waals surface area contributed by atoms with Crippen molar-refractivity contribution in [3.63, 3.8) is 0 Å². The summed E-state index contributed by atoms with van der Waals surface area (Å²) in [4.78, 5) is 3.69. The summed E-state index contributed by atoms with van der Waals surface area (Å²) in [6.45, 7) is -3.81. The highest BCUT2D eigenvalue weighted by Gasteiger charge is 2.78. The van der Waals surface area contributed by atoms with E-state index in [0.29, 0.717) is 9.79 Å². The highest BCUT2D eigenvalue weighted by atomic mass is 32.2. The zero-order valence-electron chi connectivity index (χ0n) is 19.5. The lowest BCUT2D eigenvalue weighted by atomic mass is 10.0. The van der Waals surface area contributed by atoms with E-state index in [1.165, 1.54) is 30.3 Å². The molecule has 0 radical (unpaired) electrons. The van der Waals surface area contributed by atoms with Crippen LogP contribution < -0.4 is 0 Å². The number of aliphatic imine (C=N–C) groups is 1. The lowest BCUT2D eigenvalue weighted by Crippen LogP contribution is -2.91. The predicted molar refractivity (Wildman–Crippen MR) is 123 cm³/mol. The van der Waals surface area contributed by atoms with Gasteiger partial charge < -0.3 is 66.4 Å². The number of rotatable bonds is 5. The molecule has 0 spiro atoms. The van der Waals surface area contributed by atoms with Crippen molar-refractivity contribution in [1.29, 1.82) is 0 Å². The number of hydrogen-bond acceptors (Lipinski definition) is 18. The first-order valence-corrected chi connectivity index (χ1v) is 11.6. The van der Waals surface area contributed by atoms with Crippen LogP contribution in [0.3, 0.4) is 0 Å². The van der Waals surface area contributed by atoms with Crippen LogP contribution in [0.25, 0.3) is 0 Å². The number of aliphatic hydroxyl groups is 13. The van der Waals surface area contributed by atoms with Crippen molar-refractivity contribution >= 4 is 23.3 Å². The molecule has 39 heavy (non-hydrogen) atoms. The van der Waals surface area contributed by atoms with Gasteiger partial charge in [0.05, 0.1) is 12.2 Å². The van der Waals surface area contributed by atoms with Crippen molar-refractivity contribution in [3.8, 4) is 0 Å². The van der Waals surface area contributed by atoms with Crippen LogP contribution in [0.2, 0.25) is 0 Å². The van der Waals surface area contributed by atoms with E-state index in [1.54, 1.807) is 18.2 Å². The smallest absolute Gasteiger partial charge is 0.325 e. The summed E-state index contributed by atoms with van der Waals surface area (Å²) in [5, 5.41) is 134. The largest absolute Gasteiger partial charge is 0.388 e. The zero-order valence-corrected chi connectivity index (χ0v) is 20.3. The summed E-state index contributed by atoms with van der Waals surface area (Å²) in [5.74, 6) is -26.2. The first-order chi connectivity index (χ1) is 17.8. The normalized spacial score (nSPS) is 22.0. The summed E-state index contributed by atoms with van der Waals surface area (Å²) < 4.78 is 3.96. The molecule has 18 heteroatoms. The minimum Gasteiger partial charge on any atom is -0.388 e. The second-order valence-corrected chi connectivity index (χ2v) is 9.79. The van der Waals surface area contributed by atoms with Gasteiger partial charge >= 0.3 is 29.6 Å². The van der Waals surface area contributed by atoms with E-state index in [9.17, 15) is 61.3 Å². The molecule has 2 aliphatic heterocycles. The molecule has 0 amide bonds. The molecule has 0 saturated carbocycles. The summed E-state index contributed by atoms with van der Waals surface area (Å²) in [6, 6.07) is 12.1. The molecule has 1 fully saturated rings. The Morgan fingerprint density at radius 1 is 0.718 bits per heavy atom. The lowest BCUT2D eigenvalue weighted by molar-refractivity contribution is -0.606. The molecule has 0 atom stereocenters. The van der Waals surface area contributed by atoms with E-state index in [-0.39, 0.29) is 11.3 Å². The lowest BCUT2D eigenvalue weighted by Gasteiger charge is -2.61. The Bertz CT molecular complexity index is 1250. The first-order valence-electron chi connectivity index (χ1n) is 10.8. The summed E-state index contributed by atoms with van der Waals surface area (Å²) >= 11 is 1.11. The number of benzene rings is 2. The molecular weight excluding hydrogens is 550 g/mol. The fourth-order valence-electron chi connectivity index (χ4n) is 3.98. The van der Waals surface area contributed by atoms with Crippen molar-refractivity contribution in [1.82, 2.24) is 9.80 Å². The standard InChI is InChI=1S/C21H25N3O14S/c25-10-17(28,29)38-16(26,27)9-23-18(30,31)20(34,35)24(21(36,37)19(23,32)33)15-11-5-1-3-7-13(11)39-14-8-4-2-6-12(14)22-15/h1-8,25-37H,9-10H2. The van der Waals surface area contributed by atoms with Crippen molar-refractivity contribution in [2.45, 2.75) is 45.4 Å². The fourth-order valence-corrected chi connectivity index (χ4v) is 5.00. The Labute approximate surface area is 222 Å². The molecule has 2 aromatic carbocycles. The van der Waals surface area contributed by atoms with Gasteiger partial charge in [0.15, 0.2) is 0 Å². The maximum Gasteiger partial charge on any atom is 0.325 e. The van der Waals surface area contributed by atoms with Gasteiger partial charge in [-0.15, -0.1) is 0 Å². The quantitative estimate of drug-likeness (QED) is 0.148. The molecule has 2 aromatic rings. The second-order valence-electron chi connectivity index (χ2n) is 8.71. The Morgan fingerprint density at radius 2 is 1.23 bits per heavy atom. The molecule has 0 unspecified atom stereocenters. The van der Waals surface area contributed by atoms with Crippen LogP contribution >= 0.6 is 11.8 Å². The number of fused-ring (bicyclic) bond motifs is 2. The van der Waals surface area contributed by atoms with Gasteiger partial charge in [-0.25, -0.2) is 9.89 Å². The van der Waals surface area contributed by atoms with E-state index in [1.807, 2.05) is 0 Å². The highest BCUT2D eigenvalue weighted by Crippen LogP contribution is 2.48. The molecule has 2 heterocycles. The van der Waals surface area contributed by atoms with Crippen molar-refractivity contribution in [3.05, 3.63) is 54.1 Å². The van der Waals surface area contributed by atoms with Gasteiger partial charge in [-0.05, 0) is 18.2 Å². The van der Waals surface area contributed by atoms with Crippen molar-refractivity contribution in [2.24, 2.45) is 4.99 Å². The van der Waals surface area contributed by atoms with Crippen molar-refractivity contribution in [2.75, 3.05) is 13.2 Å². The molecular formula is C21H25N3O14S. The maximum absolute atomic E-state index is 11.0. The van der Waals surface area contributed by atoms with Gasteiger partial charge in [-0.3, -0.25) is 4.74 Å². The number of hydrogen-bond donors (Lipinski definition) is 13. The second kappa shape index (κ2) is 9.36. The van der Waals surface area contributed by atoms with Crippen LogP contribution in [0.1, 0.15) is 5.56 Å². The number of β-amino-alcohol motifs (C(OH)–C–C–N with tert-alkyl or cyclic N) is 2. The third-order valence-electron chi connectivity index (χ3n) is 5.82. The topological polar surface area (TPSA) is 291 Å². The Balaban J connectivity index is 1.90. The first kappa shape index (κ1) is 29.6. The average molecular weight is 576 g/mol. The number of piperazine rings is 1. The van der Waals surface area contributed by atoms with Crippen LogP contribution in [-0.2, 0) is 4.74 Å².